The fourth-order valence-corrected chi connectivity index (χ4v) is 1.89. The average Bonchev–Trinajstić information content (AvgIpc) is 2.96. The molecule has 1 aromatic heterocycles. The third-order valence-corrected chi connectivity index (χ3v) is 2.93. The quantitative estimate of drug-likeness (QED) is 0.559. The van der Waals surface area contributed by atoms with Crippen LogP contribution in [0.25, 0.3) is 6.08 Å². The molecule has 1 heterocycles. The zero-order chi connectivity index (χ0) is 15.7. The summed E-state index contributed by atoms with van der Waals surface area (Å²) in [6.45, 7) is 4.51. The molecular formula is C16H23NO4. The third-order valence-electron chi connectivity index (χ3n) is 2.93. The first kappa shape index (κ1) is 17.2. The van der Waals surface area contributed by atoms with Gasteiger partial charge in [-0.2, -0.15) is 0 Å². The first-order chi connectivity index (χ1) is 10.0. The van der Waals surface area contributed by atoms with Gasteiger partial charge in [-0.05, 0) is 36.6 Å². The summed E-state index contributed by atoms with van der Waals surface area (Å²) < 4.78 is 9.85. The Labute approximate surface area is 125 Å². The Morgan fingerprint density at radius 1 is 1.43 bits per heavy atom. The smallest absolute Gasteiger partial charge is 0.322 e. The molecule has 0 spiro atoms. The average molecular weight is 293 g/mol. The number of allylic oxidation sites excluding steroid dienone is 1. The lowest BCUT2D eigenvalue weighted by molar-refractivity contribution is -0.143. The second-order valence-electron chi connectivity index (χ2n) is 5.22. The molecule has 0 aliphatic carbocycles. The minimum Gasteiger partial charge on any atom is -0.468 e. The van der Waals surface area contributed by atoms with E-state index in [-0.39, 0.29) is 17.8 Å². The number of hydrogen-bond acceptors (Lipinski definition) is 5. The summed E-state index contributed by atoms with van der Waals surface area (Å²) in [6, 6.07) is 3.17. The summed E-state index contributed by atoms with van der Waals surface area (Å²) in [5.74, 6) is 0.703. The lowest BCUT2D eigenvalue weighted by Gasteiger charge is -2.17. The van der Waals surface area contributed by atoms with Gasteiger partial charge in [0.2, 0.25) is 0 Å². The van der Waals surface area contributed by atoms with Gasteiger partial charge in [0.15, 0.2) is 5.78 Å². The van der Waals surface area contributed by atoms with Crippen LogP contribution < -0.4 is 5.32 Å². The summed E-state index contributed by atoms with van der Waals surface area (Å²) in [4.78, 5) is 23.3. The molecule has 0 saturated carbocycles. The van der Waals surface area contributed by atoms with E-state index < -0.39 is 0 Å². The van der Waals surface area contributed by atoms with Crippen molar-refractivity contribution in [3.05, 3.63) is 30.2 Å². The van der Waals surface area contributed by atoms with Crippen LogP contribution in [-0.2, 0) is 14.3 Å². The highest BCUT2D eigenvalue weighted by atomic mass is 16.5. The van der Waals surface area contributed by atoms with Crippen LogP contribution in [-0.4, -0.2) is 31.4 Å². The predicted octanol–water partition coefficient (Wildman–Crippen LogP) is 2.43. The highest BCUT2D eigenvalue weighted by molar-refractivity contribution is 5.93. The van der Waals surface area contributed by atoms with Gasteiger partial charge in [-0.15, -0.1) is 0 Å². The summed E-state index contributed by atoms with van der Waals surface area (Å²) in [7, 11) is 1.37. The molecule has 5 nitrogen and oxygen atoms in total. The zero-order valence-corrected chi connectivity index (χ0v) is 12.8. The van der Waals surface area contributed by atoms with Crippen LogP contribution in [0.2, 0.25) is 0 Å². The maximum absolute atomic E-state index is 11.7. The number of rotatable bonds is 9. The summed E-state index contributed by atoms with van der Waals surface area (Å²) in [6.07, 6.45) is 5.68. The van der Waals surface area contributed by atoms with Gasteiger partial charge in [-0.3, -0.25) is 9.59 Å². The van der Waals surface area contributed by atoms with E-state index >= 15 is 0 Å². The number of ether oxygens (including phenoxy) is 1. The fraction of sp³-hybridized carbons (Fsp3) is 0.500. The maximum atomic E-state index is 11.7. The Morgan fingerprint density at radius 3 is 2.76 bits per heavy atom. The van der Waals surface area contributed by atoms with E-state index in [0.717, 1.165) is 0 Å². The van der Waals surface area contributed by atoms with Crippen molar-refractivity contribution in [3.8, 4) is 0 Å². The predicted molar refractivity (Wildman–Crippen MR) is 80.6 cm³/mol. The largest absolute Gasteiger partial charge is 0.468 e. The zero-order valence-electron chi connectivity index (χ0n) is 12.8. The van der Waals surface area contributed by atoms with E-state index in [9.17, 15) is 9.59 Å². The second-order valence-corrected chi connectivity index (χ2v) is 5.22. The Bertz CT molecular complexity index is 463. The van der Waals surface area contributed by atoms with Gasteiger partial charge < -0.3 is 14.5 Å². The number of hydrogen-bond donors (Lipinski definition) is 1. The fourth-order valence-electron chi connectivity index (χ4n) is 1.89. The van der Waals surface area contributed by atoms with Crippen molar-refractivity contribution in [1.82, 2.24) is 5.32 Å². The standard InChI is InChI=1S/C16H23NO4/c1-12(2)11-15(16(19)20-3)17-9-8-13(18)6-7-14-5-4-10-21-14/h4-7,10,12,15,17H,8-9,11H2,1-3H3/b7-6+/t15-/m0/s1. The number of ketones is 1. The minimum atomic E-state index is -0.364. The van der Waals surface area contributed by atoms with E-state index in [4.69, 9.17) is 9.15 Å². The molecule has 0 unspecified atom stereocenters. The van der Waals surface area contributed by atoms with Gasteiger partial charge in [0.25, 0.3) is 0 Å². The number of carbonyl (C=O) groups is 2. The first-order valence-corrected chi connectivity index (χ1v) is 7.08. The van der Waals surface area contributed by atoms with Crippen LogP contribution in [0.15, 0.2) is 28.9 Å². The molecule has 0 saturated heterocycles. The van der Waals surface area contributed by atoms with E-state index in [2.05, 4.69) is 5.32 Å². The van der Waals surface area contributed by atoms with Gasteiger partial charge in [0.05, 0.1) is 13.4 Å². The van der Waals surface area contributed by atoms with Crippen molar-refractivity contribution < 1.29 is 18.7 Å². The van der Waals surface area contributed by atoms with Crippen molar-refractivity contribution >= 4 is 17.8 Å². The van der Waals surface area contributed by atoms with Crippen molar-refractivity contribution in [1.29, 1.82) is 0 Å². The van der Waals surface area contributed by atoms with Crippen LogP contribution in [0.4, 0.5) is 0 Å². The molecule has 0 radical (unpaired) electrons. The van der Waals surface area contributed by atoms with Crippen LogP contribution in [0, 0.1) is 5.92 Å². The summed E-state index contributed by atoms with van der Waals surface area (Å²) in [5.41, 5.74) is 0. The van der Waals surface area contributed by atoms with Crippen molar-refractivity contribution in [2.45, 2.75) is 32.7 Å². The van der Waals surface area contributed by atoms with Gasteiger partial charge in [0.1, 0.15) is 11.8 Å². The van der Waals surface area contributed by atoms with E-state index in [1.54, 1.807) is 24.5 Å². The molecule has 1 atom stereocenters. The lowest BCUT2D eigenvalue weighted by Crippen LogP contribution is -2.39. The monoisotopic (exact) mass is 293 g/mol. The molecule has 0 fully saturated rings. The molecule has 1 aromatic rings. The second kappa shape index (κ2) is 9.13. The number of esters is 1. The molecule has 1 N–H and O–H groups in total. The molecule has 116 valence electrons. The molecule has 0 bridgehead atoms. The Hall–Kier alpha value is -1.88. The summed E-state index contributed by atoms with van der Waals surface area (Å²) in [5, 5.41) is 3.07. The molecule has 0 aliphatic rings. The molecule has 0 aromatic carbocycles. The SMILES string of the molecule is COC(=O)[C@H](CC(C)C)NCCC(=O)/C=C/c1ccco1. The Morgan fingerprint density at radius 2 is 2.19 bits per heavy atom. The highest BCUT2D eigenvalue weighted by Crippen LogP contribution is 2.06. The Balaban J connectivity index is 2.35. The maximum Gasteiger partial charge on any atom is 0.322 e. The Kier molecular flexibility index (Phi) is 7.46. The molecule has 21 heavy (non-hydrogen) atoms. The minimum absolute atomic E-state index is 0.0212. The van der Waals surface area contributed by atoms with Gasteiger partial charge in [-0.25, -0.2) is 0 Å². The molecule has 0 aliphatic heterocycles. The van der Waals surface area contributed by atoms with E-state index in [0.29, 0.717) is 31.1 Å². The van der Waals surface area contributed by atoms with Crippen LogP contribution in [0.5, 0.6) is 0 Å². The normalized spacial score (nSPS) is 12.8. The van der Waals surface area contributed by atoms with E-state index in [1.165, 1.54) is 13.2 Å². The van der Waals surface area contributed by atoms with Gasteiger partial charge in [-0.1, -0.05) is 13.8 Å². The van der Waals surface area contributed by atoms with Crippen molar-refractivity contribution in [3.63, 3.8) is 0 Å². The van der Waals surface area contributed by atoms with Crippen molar-refractivity contribution in [2.24, 2.45) is 5.92 Å². The molecule has 1 rings (SSSR count). The number of carbonyl (C=O) groups excluding carboxylic acids is 2. The van der Waals surface area contributed by atoms with Crippen molar-refractivity contribution in [2.75, 3.05) is 13.7 Å². The number of furan rings is 1. The first-order valence-electron chi connectivity index (χ1n) is 7.08. The third kappa shape index (κ3) is 6.90. The topological polar surface area (TPSA) is 68.5 Å². The molecule has 0 amide bonds. The van der Waals surface area contributed by atoms with Gasteiger partial charge >= 0.3 is 5.97 Å². The van der Waals surface area contributed by atoms with E-state index in [1.807, 2.05) is 13.8 Å². The summed E-state index contributed by atoms with van der Waals surface area (Å²) >= 11 is 0. The molecular weight excluding hydrogens is 270 g/mol. The number of methoxy groups -OCH3 is 1. The van der Waals surface area contributed by atoms with Gasteiger partial charge in [0, 0.05) is 13.0 Å². The van der Waals surface area contributed by atoms with Crippen LogP contribution in [0.1, 0.15) is 32.4 Å². The van der Waals surface area contributed by atoms with Crippen LogP contribution >= 0.6 is 0 Å². The lowest BCUT2D eigenvalue weighted by atomic mass is 10.0. The highest BCUT2D eigenvalue weighted by Gasteiger charge is 2.19. The molecule has 5 heteroatoms. The number of nitrogens with one attached hydrogen (secondary N) is 1. The van der Waals surface area contributed by atoms with Crippen LogP contribution in [0.3, 0.4) is 0 Å².